The van der Waals surface area contributed by atoms with Gasteiger partial charge >= 0.3 is 0 Å². The van der Waals surface area contributed by atoms with Gasteiger partial charge in [0.15, 0.2) is 11.5 Å². The standard InChI is InChI=1S/C26H15Cl2NO3/c27-21-10-6-18(15-22(21)28)25-13-9-19(31-25)8-12-24(30)17-7-11-23-20(14-17)26(32-29-23)16-4-2-1-3-5-16/h1-15H/b12-8+. The molecule has 32 heavy (non-hydrogen) atoms. The SMILES string of the molecule is O=C(/C=C/c1ccc(-c2ccc(Cl)c(Cl)c2)o1)c1ccc2noc(-c3ccccc3)c2c1. The predicted molar refractivity (Wildman–Crippen MR) is 127 cm³/mol. The fraction of sp³-hybridized carbons (Fsp3) is 0. The highest BCUT2D eigenvalue weighted by molar-refractivity contribution is 6.42. The lowest BCUT2D eigenvalue weighted by molar-refractivity contribution is 0.104. The molecule has 156 valence electrons. The Labute approximate surface area is 193 Å². The van der Waals surface area contributed by atoms with Crippen LogP contribution in [0.3, 0.4) is 0 Å². The summed E-state index contributed by atoms with van der Waals surface area (Å²) < 4.78 is 11.3. The van der Waals surface area contributed by atoms with Crippen LogP contribution in [-0.2, 0) is 0 Å². The monoisotopic (exact) mass is 459 g/mol. The number of ketones is 1. The van der Waals surface area contributed by atoms with Crippen LogP contribution in [0.4, 0.5) is 0 Å². The Kier molecular flexibility index (Phi) is 5.39. The summed E-state index contributed by atoms with van der Waals surface area (Å²) in [5, 5.41) is 5.81. The lowest BCUT2D eigenvalue weighted by Crippen LogP contribution is -1.93. The molecular formula is C26H15Cl2NO3. The van der Waals surface area contributed by atoms with Gasteiger partial charge in [-0.3, -0.25) is 4.79 Å². The highest BCUT2D eigenvalue weighted by Crippen LogP contribution is 2.31. The Morgan fingerprint density at radius 3 is 2.50 bits per heavy atom. The molecule has 2 aromatic heterocycles. The van der Waals surface area contributed by atoms with Crippen molar-refractivity contribution in [2.75, 3.05) is 0 Å². The van der Waals surface area contributed by atoms with Crippen LogP contribution < -0.4 is 0 Å². The third-order valence-corrected chi connectivity index (χ3v) is 5.77. The first kappa shape index (κ1) is 20.3. The number of hydrogen-bond acceptors (Lipinski definition) is 4. The van der Waals surface area contributed by atoms with Crippen molar-refractivity contribution >= 4 is 46.0 Å². The molecule has 6 heteroatoms. The molecule has 0 unspecified atom stereocenters. The molecule has 0 aliphatic heterocycles. The van der Waals surface area contributed by atoms with Gasteiger partial charge in [0.05, 0.1) is 15.4 Å². The summed E-state index contributed by atoms with van der Waals surface area (Å²) in [5.41, 5.74) is 2.93. The third kappa shape index (κ3) is 3.98. The second kappa shape index (κ2) is 8.50. The van der Waals surface area contributed by atoms with Gasteiger partial charge in [-0.15, -0.1) is 0 Å². The molecule has 0 saturated heterocycles. The van der Waals surface area contributed by atoms with Gasteiger partial charge in [-0.2, -0.15) is 0 Å². The second-order valence-corrected chi connectivity index (χ2v) is 7.95. The van der Waals surface area contributed by atoms with Crippen molar-refractivity contribution in [2.45, 2.75) is 0 Å². The van der Waals surface area contributed by atoms with Crippen molar-refractivity contribution < 1.29 is 13.7 Å². The predicted octanol–water partition coefficient (Wildman–Crippen LogP) is 7.96. The molecule has 3 aromatic carbocycles. The van der Waals surface area contributed by atoms with Gasteiger partial charge in [-0.25, -0.2) is 0 Å². The number of benzene rings is 3. The van der Waals surface area contributed by atoms with Crippen LogP contribution in [0.2, 0.25) is 10.0 Å². The van der Waals surface area contributed by atoms with Crippen LogP contribution in [-0.4, -0.2) is 10.9 Å². The molecule has 0 spiro atoms. The maximum Gasteiger partial charge on any atom is 0.185 e. The van der Waals surface area contributed by atoms with E-state index in [0.717, 1.165) is 16.5 Å². The minimum Gasteiger partial charge on any atom is -0.457 e. The maximum atomic E-state index is 12.8. The van der Waals surface area contributed by atoms with E-state index in [1.165, 1.54) is 6.08 Å². The van der Waals surface area contributed by atoms with Crippen molar-refractivity contribution in [2.24, 2.45) is 0 Å². The minimum atomic E-state index is -0.153. The van der Waals surface area contributed by atoms with Gasteiger partial charge in [0.1, 0.15) is 17.0 Å². The lowest BCUT2D eigenvalue weighted by Gasteiger charge is -2.00. The van der Waals surface area contributed by atoms with E-state index < -0.39 is 0 Å². The zero-order valence-corrected chi connectivity index (χ0v) is 18.1. The summed E-state index contributed by atoms with van der Waals surface area (Å²) in [6.07, 6.45) is 3.12. The van der Waals surface area contributed by atoms with Crippen molar-refractivity contribution in [1.82, 2.24) is 5.16 Å². The average molecular weight is 460 g/mol. The van der Waals surface area contributed by atoms with E-state index in [1.54, 1.807) is 42.5 Å². The summed E-state index contributed by atoms with van der Waals surface area (Å²) in [7, 11) is 0. The first-order valence-electron chi connectivity index (χ1n) is 9.81. The number of nitrogens with zero attached hydrogens (tertiary/aromatic N) is 1. The largest absolute Gasteiger partial charge is 0.457 e. The molecule has 0 atom stereocenters. The fourth-order valence-corrected chi connectivity index (χ4v) is 3.69. The number of fused-ring (bicyclic) bond motifs is 1. The molecule has 0 aliphatic carbocycles. The highest BCUT2D eigenvalue weighted by Gasteiger charge is 2.13. The molecule has 0 fully saturated rings. The first-order chi connectivity index (χ1) is 15.6. The van der Waals surface area contributed by atoms with E-state index in [4.69, 9.17) is 32.1 Å². The second-order valence-electron chi connectivity index (χ2n) is 7.14. The van der Waals surface area contributed by atoms with E-state index in [9.17, 15) is 4.79 Å². The molecular weight excluding hydrogens is 445 g/mol. The lowest BCUT2D eigenvalue weighted by atomic mass is 10.0. The van der Waals surface area contributed by atoms with Gasteiger partial charge < -0.3 is 8.94 Å². The molecule has 0 bridgehead atoms. The van der Waals surface area contributed by atoms with Gasteiger partial charge in [0.25, 0.3) is 0 Å². The summed E-state index contributed by atoms with van der Waals surface area (Å²) >= 11 is 12.0. The highest BCUT2D eigenvalue weighted by atomic mass is 35.5. The summed E-state index contributed by atoms with van der Waals surface area (Å²) in [4.78, 5) is 12.8. The van der Waals surface area contributed by atoms with Gasteiger partial charge in [0.2, 0.25) is 0 Å². The zero-order chi connectivity index (χ0) is 22.1. The third-order valence-electron chi connectivity index (χ3n) is 5.03. The molecule has 0 N–H and O–H groups in total. The normalized spacial score (nSPS) is 11.4. The van der Waals surface area contributed by atoms with Gasteiger partial charge in [-0.1, -0.05) is 58.7 Å². The minimum absolute atomic E-state index is 0.153. The Bertz CT molecular complexity index is 1470. The number of carbonyl (C=O) groups is 1. The Morgan fingerprint density at radius 1 is 0.844 bits per heavy atom. The van der Waals surface area contributed by atoms with Gasteiger partial charge in [-0.05, 0) is 60.7 Å². The van der Waals surface area contributed by atoms with Crippen molar-refractivity contribution in [1.29, 1.82) is 0 Å². The molecule has 0 amide bonds. The summed E-state index contributed by atoms with van der Waals surface area (Å²) in [5.74, 6) is 1.67. The molecule has 0 radical (unpaired) electrons. The van der Waals surface area contributed by atoms with Crippen LogP contribution in [0.15, 0.2) is 93.9 Å². The van der Waals surface area contributed by atoms with Crippen LogP contribution in [0.1, 0.15) is 16.1 Å². The van der Waals surface area contributed by atoms with Crippen LogP contribution in [0.25, 0.3) is 39.6 Å². The molecule has 5 rings (SSSR count). The van der Waals surface area contributed by atoms with E-state index in [1.807, 2.05) is 42.5 Å². The number of aromatic nitrogens is 1. The van der Waals surface area contributed by atoms with Crippen LogP contribution in [0.5, 0.6) is 0 Å². The zero-order valence-electron chi connectivity index (χ0n) is 16.6. The Morgan fingerprint density at radius 2 is 1.69 bits per heavy atom. The summed E-state index contributed by atoms with van der Waals surface area (Å²) in [6.45, 7) is 0. The number of rotatable bonds is 5. The van der Waals surface area contributed by atoms with Crippen LogP contribution >= 0.6 is 23.2 Å². The van der Waals surface area contributed by atoms with E-state index in [2.05, 4.69) is 5.16 Å². The quantitative estimate of drug-likeness (QED) is 0.197. The van der Waals surface area contributed by atoms with Crippen molar-refractivity contribution in [3.63, 3.8) is 0 Å². The van der Waals surface area contributed by atoms with Crippen LogP contribution in [0, 0.1) is 0 Å². The number of allylic oxidation sites excluding steroid dienone is 1. The smallest absolute Gasteiger partial charge is 0.185 e. The summed E-state index contributed by atoms with van der Waals surface area (Å²) in [6, 6.07) is 23.9. The van der Waals surface area contributed by atoms with E-state index in [0.29, 0.717) is 38.4 Å². The Balaban J connectivity index is 1.39. The number of halogens is 2. The molecule has 5 aromatic rings. The fourth-order valence-electron chi connectivity index (χ4n) is 3.39. The van der Waals surface area contributed by atoms with E-state index in [-0.39, 0.29) is 5.78 Å². The Hall–Kier alpha value is -3.60. The van der Waals surface area contributed by atoms with Crippen molar-refractivity contribution in [3.8, 4) is 22.6 Å². The molecule has 0 aliphatic rings. The van der Waals surface area contributed by atoms with Crippen molar-refractivity contribution in [3.05, 3.63) is 106 Å². The topological polar surface area (TPSA) is 56.2 Å². The first-order valence-corrected chi connectivity index (χ1v) is 10.6. The molecule has 4 nitrogen and oxygen atoms in total. The molecule has 2 heterocycles. The maximum absolute atomic E-state index is 12.8. The number of furan rings is 1. The van der Waals surface area contributed by atoms with E-state index >= 15 is 0 Å². The van der Waals surface area contributed by atoms with Gasteiger partial charge in [0, 0.05) is 16.7 Å². The average Bonchev–Trinajstić information content (AvgIpc) is 3.46. The molecule has 0 saturated carbocycles. The number of carbonyl (C=O) groups excluding carboxylic acids is 1. The number of hydrogen-bond donors (Lipinski definition) is 0.